The lowest BCUT2D eigenvalue weighted by atomic mass is 10.1. The van der Waals surface area contributed by atoms with Crippen molar-refractivity contribution < 1.29 is 14.3 Å². The third-order valence-corrected chi connectivity index (χ3v) is 7.71. The molecule has 180 valence electrons. The Hall–Kier alpha value is -3.13. The fraction of sp³-hybridized carbons (Fsp3) is 0.103. The number of halogens is 1. The highest BCUT2D eigenvalue weighted by Crippen LogP contribution is 2.40. The monoisotopic (exact) mass is 575 g/mol. The number of carbonyl (C=O) groups excluding carboxylic acids is 1. The molecule has 1 saturated heterocycles. The fourth-order valence-electron chi connectivity index (χ4n) is 4.03. The first-order valence-corrected chi connectivity index (χ1v) is 13.5. The molecular formula is C29H22BrNO3S2. The molecule has 1 heterocycles. The van der Waals surface area contributed by atoms with Gasteiger partial charge in [-0.25, -0.2) is 0 Å². The van der Waals surface area contributed by atoms with Crippen LogP contribution in [0.5, 0.6) is 11.5 Å². The van der Waals surface area contributed by atoms with E-state index in [0.29, 0.717) is 33.9 Å². The van der Waals surface area contributed by atoms with E-state index >= 15 is 0 Å². The molecule has 0 aliphatic carbocycles. The Bertz CT molecular complexity index is 1480. The van der Waals surface area contributed by atoms with E-state index in [9.17, 15) is 4.79 Å². The number of hydrogen-bond acceptors (Lipinski definition) is 5. The first kappa shape index (κ1) is 24.6. The average Bonchev–Trinajstić information content (AvgIpc) is 3.17. The van der Waals surface area contributed by atoms with Gasteiger partial charge in [-0.2, -0.15) is 0 Å². The molecule has 1 aliphatic rings. The van der Waals surface area contributed by atoms with Gasteiger partial charge in [0.2, 0.25) is 0 Å². The summed E-state index contributed by atoms with van der Waals surface area (Å²) in [6.07, 6.45) is 1.84. The second-order valence-electron chi connectivity index (χ2n) is 8.03. The number of thioether (sulfide) groups is 1. The molecule has 0 atom stereocenters. The smallest absolute Gasteiger partial charge is 0.270 e. The van der Waals surface area contributed by atoms with Crippen LogP contribution in [0.3, 0.4) is 0 Å². The Morgan fingerprint density at radius 1 is 0.944 bits per heavy atom. The molecule has 7 heteroatoms. The van der Waals surface area contributed by atoms with Crippen LogP contribution in [0.1, 0.15) is 18.1 Å². The molecule has 1 fully saturated rings. The predicted molar refractivity (Wildman–Crippen MR) is 156 cm³/mol. The van der Waals surface area contributed by atoms with Crippen LogP contribution in [0.25, 0.3) is 16.8 Å². The Balaban J connectivity index is 1.42. The van der Waals surface area contributed by atoms with E-state index in [2.05, 4.69) is 40.2 Å². The van der Waals surface area contributed by atoms with Gasteiger partial charge in [-0.15, -0.1) is 0 Å². The van der Waals surface area contributed by atoms with Crippen molar-refractivity contribution in [2.24, 2.45) is 0 Å². The van der Waals surface area contributed by atoms with Crippen molar-refractivity contribution in [2.45, 2.75) is 13.5 Å². The van der Waals surface area contributed by atoms with Gasteiger partial charge in [-0.3, -0.25) is 9.69 Å². The first-order chi connectivity index (χ1) is 17.5. The number of ether oxygens (including phenoxy) is 2. The molecule has 0 bridgehead atoms. The molecule has 1 aliphatic heterocycles. The van der Waals surface area contributed by atoms with Crippen molar-refractivity contribution >= 4 is 72.7 Å². The standard InChI is InChI=1S/C29H22BrNO3S2/c1-2-33-25-15-21(16-27-28(32)31(29(35)36-27)22-12-4-3-5-13-22)24(30)17-26(25)34-18-20-11-8-10-19-9-6-7-14-23(19)20/h3-17H,2,18H2,1H3/b27-16+. The second kappa shape index (κ2) is 10.9. The SMILES string of the molecule is CCOc1cc(/C=C2/SC(=S)N(c3ccccc3)C2=O)c(Br)cc1OCc1cccc2ccccc12. The van der Waals surface area contributed by atoms with Crippen LogP contribution in [0.15, 0.2) is 94.3 Å². The van der Waals surface area contributed by atoms with Crippen LogP contribution in [0.4, 0.5) is 5.69 Å². The zero-order chi connectivity index (χ0) is 25.1. The largest absolute Gasteiger partial charge is 0.490 e. The van der Waals surface area contributed by atoms with Crippen LogP contribution >= 0.6 is 39.9 Å². The van der Waals surface area contributed by atoms with Gasteiger partial charge in [-0.05, 0) is 59.2 Å². The Kier molecular flexibility index (Phi) is 7.41. The molecule has 4 nitrogen and oxygen atoms in total. The lowest BCUT2D eigenvalue weighted by Crippen LogP contribution is -2.27. The maximum atomic E-state index is 13.2. The minimum atomic E-state index is -0.141. The van der Waals surface area contributed by atoms with E-state index in [1.807, 2.05) is 73.7 Å². The molecule has 0 aromatic heterocycles. The second-order valence-corrected chi connectivity index (χ2v) is 10.6. The highest BCUT2D eigenvalue weighted by molar-refractivity contribution is 9.10. The number of carbonyl (C=O) groups is 1. The summed E-state index contributed by atoms with van der Waals surface area (Å²) in [7, 11) is 0. The first-order valence-electron chi connectivity index (χ1n) is 11.4. The van der Waals surface area contributed by atoms with E-state index in [1.165, 1.54) is 17.1 Å². The normalized spacial score (nSPS) is 14.6. The maximum Gasteiger partial charge on any atom is 0.270 e. The molecule has 4 aromatic rings. The summed E-state index contributed by atoms with van der Waals surface area (Å²) in [5.74, 6) is 1.11. The molecule has 0 saturated carbocycles. The van der Waals surface area contributed by atoms with Gasteiger partial charge in [0.1, 0.15) is 6.61 Å². The van der Waals surface area contributed by atoms with E-state index < -0.39 is 0 Å². The molecule has 1 amide bonds. The topological polar surface area (TPSA) is 38.8 Å². The number of thiocarbonyl (C=S) groups is 1. The Morgan fingerprint density at radius 2 is 1.67 bits per heavy atom. The summed E-state index contributed by atoms with van der Waals surface area (Å²) in [4.78, 5) is 15.3. The zero-order valence-corrected chi connectivity index (χ0v) is 22.7. The van der Waals surface area contributed by atoms with Crippen molar-refractivity contribution in [2.75, 3.05) is 11.5 Å². The molecule has 0 unspecified atom stereocenters. The minimum absolute atomic E-state index is 0.141. The Labute approximate surface area is 228 Å². The van der Waals surface area contributed by atoms with Gasteiger partial charge in [0.25, 0.3) is 5.91 Å². The van der Waals surface area contributed by atoms with Crippen molar-refractivity contribution in [3.63, 3.8) is 0 Å². The van der Waals surface area contributed by atoms with Gasteiger partial charge < -0.3 is 9.47 Å². The van der Waals surface area contributed by atoms with E-state index in [4.69, 9.17) is 21.7 Å². The molecular weight excluding hydrogens is 554 g/mol. The number of anilines is 1. The lowest BCUT2D eigenvalue weighted by Gasteiger charge is -2.15. The number of amides is 1. The lowest BCUT2D eigenvalue weighted by molar-refractivity contribution is -0.113. The molecule has 5 rings (SSSR count). The summed E-state index contributed by atoms with van der Waals surface area (Å²) in [6, 6.07) is 27.7. The minimum Gasteiger partial charge on any atom is -0.490 e. The highest BCUT2D eigenvalue weighted by Gasteiger charge is 2.33. The van der Waals surface area contributed by atoms with Crippen LogP contribution in [-0.4, -0.2) is 16.8 Å². The quantitative estimate of drug-likeness (QED) is 0.165. The summed E-state index contributed by atoms with van der Waals surface area (Å²) in [5.41, 5.74) is 2.67. The van der Waals surface area contributed by atoms with E-state index in [0.717, 1.165) is 26.7 Å². The molecule has 0 spiro atoms. The summed E-state index contributed by atoms with van der Waals surface area (Å²) in [5, 5.41) is 2.34. The molecule has 0 N–H and O–H groups in total. The molecule has 0 radical (unpaired) electrons. The van der Waals surface area contributed by atoms with Crippen molar-refractivity contribution in [1.82, 2.24) is 0 Å². The van der Waals surface area contributed by atoms with Crippen molar-refractivity contribution in [3.8, 4) is 11.5 Å². The van der Waals surface area contributed by atoms with Gasteiger partial charge in [0.05, 0.1) is 17.2 Å². The van der Waals surface area contributed by atoms with Crippen LogP contribution < -0.4 is 14.4 Å². The third-order valence-electron chi connectivity index (χ3n) is 5.72. The summed E-state index contributed by atoms with van der Waals surface area (Å²) < 4.78 is 13.4. The van der Waals surface area contributed by atoms with Crippen LogP contribution in [0.2, 0.25) is 0 Å². The van der Waals surface area contributed by atoms with E-state index in [1.54, 1.807) is 4.90 Å². The maximum absolute atomic E-state index is 13.2. The molecule has 36 heavy (non-hydrogen) atoms. The number of fused-ring (bicyclic) bond motifs is 1. The Morgan fingerprint density at radius 3 is 2.47 bits per heavy atom. The number of rotatable bonds is 7. The number of para-hydroxylation sites is 1. The van der Waals surface area contributed by atoms with Crippen molar-refractivity contribution in [1.29, 1.82) is 0 Å². The van der Waals surface area contributed by atoms with Gasteiger partial charge in [-0.1, -0.05) is 101 Å². The van der Waals surface area contributed by atoms with Gasteiger partial charge >= 0.3 is 0 Å². The highest BCUT2D eigenvalue weighted by atomic mass is 79.9. The number of nitrogens with zero attached hydrogens (tertiary/aromatic N) is 1. The van der Waals surface area contributed by atoms with Crippen LogP contribution in [-0.2, 0) is 11.4 Å². The third kappa shape index (κ3) is 5.05. The average molecular weight is 577 g/mol. The molecule has 4 aromatic carbocycles. The van der Waals surface area contributed by atoms with Gasteiger partial charge in [0.15, 0.2) is 15.8 Å². The number of benzene rings is 4. The predicted octanol–water partition coefficient (Wildman–Crippen LogP) is 7.99. The zero-order valence-electron chi connectivity index (χ0n) is 19.4. The fourth-order valence-corrected chi connectivity index (χ4v) is 5.75. The summed E-state index contributed by atoms with van der Waals surface area (Å²) in [6.45, 7) is 2.83. The summed E-state index contributed by atoms with van der Waals surface area (Å²) >= 11 is 10.4. The van der Waals surface area contributed by atoms with Crippen molar-refractivity contribution in [3.05, 3.63) is 105 Å². The van der Waals surface area contributed by atoms with Crippen LogP contribution in [0, 0.1) is 0 Å². The van der Waals surface area contributed by atoms with E-state index in [-0.39, 0.29) is 5.91 Å². The van der Waals surface area contributed by atoms with Gasteiger partial charge in [0, 0.05) is 4.47 Å². The number of hydrogen-bond donors (Lipinski definition) is 0.